The second-order valence-electron chi connectivity index (χ2n) is 5.52. The Kier molecular flexibility index (Phi) is 5.62. The number of hydrogen-bond acceptors (Lipinski definition) is 3. The number of halogens is 1. The van der Waals surface area contributed by atoms with Gasteiger partial charge in [-0.3, -0.25) is 9.69 Å². The van der Waals surface area contributed by atoms with E-state index in [0.29, 0.717) is 11.2 Å². The van der Waals surface area contributed by atoms with Crippen molar-refractivity contribution in [2.75, 3.05) is 7.05 Å². The second kappa shape index (κ2) is 6.57. The molecular weight excluding hydrogens is 308 g/mol. The van der Waals surface area contributed by atoms with Gasteiger partial charge in [-0.1, -0.05) is 6.92 Å². The van der Waals surface area contributed by atoms with E-state index < -0.39 is 0 Å². The number of likely N-dealkylation sites (N-methyl/N-ethyl adjacent to an activating group) is 1. The van der Waals surface area contributed by atoms with Crippen LogP contribution in [0.1, 0.15) is 39.9 Å². The van der Waals surface area contributed by atoms with Crippen LogP contribution in [0.5, 0.6) is 0 Å². The number of carbonyl (C=O) groups excluding carboxylic acids is 1. The van der Waals surface area contributed by atoms with Gasteiger partial charge in [0.25, 0.3) is 0 Å². The van der Waals surface area contributed by atoms with Gasteiger partial charge in [0, 0.05) is 5.54 Å². The van der Waals surface area contributed by atoms with Gasteiger partial charge in [-0.05, 0) is 62.3 Å². The fourth-order valence-corrected chi connectivity index (χ4v) is 1.89. The molecule has 1 amide bonds. The minimum absolute atomic E-state index is 0.0416. The fraction of sp³-hybridized carbons (Fsp3) is 0.643. The van der Waals surface area contributed by atoms with E-state index in [1.54, 1.807) is 0 Å². The van der Waals surface area contributed by atoms with Crippen molar-refractivity contribution in [2.24, 2.45) is 0 Å². The molecule has 19 heavy (non-hydrogen) atoms. The molecule has 0 fully saturated rings. The topological polar surface area (TPSA) is 45.5 Å². The monoisotopic (exact) mass is 330 g/mol. The molecule has 0 spiro atoms. The summed E-state index contributed by atoms with van der Waals surface area (Å²) < 4.78 is 6.16. The molecule has 0 aromatic carbocycles. The Balaban J connectivity index is 2.56. The van der Waals surface area contributed by atoms with E-state index >= 15 is 0 Å². The first-order valence-corrected chi connectivity index (χ1v) is 7.31. The van der Waals surface area contributed by atoms with Crippen LogP contribution in [-0.4, -0.2) is 29.4 Å². The lowest BCUT2D eigenvalue weighted by Gasteiger charge is -2.29. The zero-order valence-corrected chi connectivity index (χ0v) is 13.9. The van der Waals surface area contributed by atoms with Crippen LogP contribution in [-0.2, 0) is 11.3 Å². The largest absolute Gasteiger partial charge is 0.453 e. The Labute approximate surface area is 123 Å². The highest BCUT2D eigenvalue weighted by Crippen LogP contribution is 2.16. The molecule has 0 saturated heterocycles. The van der Waals surface area contributed by atoms with Gasteiger partial charge in [0.1, 0.15) is 5.76 Å². The highest BCUT2D eigenvalue weighted by molar-refractivity contribution is 9.10. The molecule has 4 nitrogen and oxygen atoms in total. The Morgan fingerprint density at radius 2 is 2.16 bits per heavy atom. The Morgan fingerprint density at radius 1 is 1.53 bits per heavy atom. The van der Waals surface area contributed by atoms with E-state index in [4.69, 9.17) is 4.42 Å². The number of nitrogens with one attached hydrogen (secondary N) is 1. The number of nitrogens with zero attached hydrogens (tertiary/aromatic N) is 1. The van der Waals surface area contributed by atoms with Gasteiger partial charge < -0.3 is 9.73 Å². The number of rotatable bonds is 6. The van der Waals surface area contributed by atoms with Crippen molar-refractivity contribution < 1.29 is 9.21 Å². The summed E-state index contributed by atoms with van der Waals surface area (Å²) in [6, 6.07) is 3.56. The fourth-order valence-electron chi connectivity index (χ4n) is 1.55. The normalized spacial score (nSPS) is 13.6. The molecule has 0 saturated carbocycles. The van der Waals surface area contributed by atoms with Gasteiger partial charge in [-0.15, -0.1) is 0 Å². The molecule has 1 unspecified atom stereocenters. The quantitative estimate of drug-likeness (QED) is 0.871. The Hall–Kier alpha value is -0.810. The third-order valence-electron chi connectivity index (χ3n) is 3.42. The summed E-state index contributed by atoms with van der Waals surface area (Å²) in [7, 11) is 1.92. The van der Waals surface area contributed by atoms with Crippen molar-refractivity contribution in [2.45, 2.75) is 52.2 Å². The average molecular weight is 331 g/mol. The SMILES string of the molecule is CCC(C)(C)NC(=O)C(C)N(C)Cc1ccc(Br)o1. The van der Waals surface area contributed by atoms with Crippen LogP contribution in [0.4, 0.5) is 0 Å². The summed E-state index contributed by atoms with van der Waals surface area (Å²) in [5, 5.41) is 3.06. The first-order chi connectivity index (χ1) is 8.75. The summed E-state index contributed by atoms with van der Waals surface area (Å²) in [5.74, 6) is 0.878. The van der Waals surface area contributed by atoms with Crippen molar-refractivity contribution >= 4 is 21.8 Å². The van der Waals surface area contributed by atoms with Crippen LogP contribution in [0, 0.1) is 0 Å². The highest BCUT2D eigenvalue weighted by atomic mass is 79.9. The van der Waals surface area contributed by atoms with Crippen LogP contribution in [0.25, 0.3) is 0 Å². The highest BCUT2D eigenvalue weighted by Gasteiger charge is 2.24. The maximum Gasteiger partial charge on any atom is 0.237 e. The lowest BCUT2D eigenvalue weighted by molar-refractivity contribution is -0.127. The molecule has 0 aliphatic rings. The zero-order valence-electron chi connectivity index (χ0n) is 12.3. The molecule has 0 aliphatic carbocycles. The van der Waals surface area contributed by atoms with E-state index in [2.05, 4.69) is 28.2 Å². The van der Waals surface area contributed by atoms with Crippen molar-refractivity contribution in [1.29, 1.82) is 0 Å². The molecule has 1 rings (SSSR count). The predicted octanol–water partition coefficient (Wildman–Crippen LogP) is 3.17. The maximum absolute atomic E-state index is 12.2. The smallest absolute Gasteiger partial charge is 0.237 e. The van der Waals surface area contributed by atoms with Gasteiger partial charge in [-0.2, -0.15) is 0 Å². The lowest BCUT2D eigenvalue weighted by Crippen LogP contribution is -2.50. The first-order valence-electron chi connectivity index (χ1n) is 6.51. The van der Waals surface area contributed by atoms with Crippen LogP contribution in [0.3, 0.4) is 0 Å². The van der Waals surface area contributed by atoms with Crippen molar-refractivity contribution in [1.82, 2.24) is 10.2 Å². The molecule has 1 aromatic heterocycles. The summed E-state index contributed by atoms with van der Waals surface area (Å²) in [4.78, 5) is 14.1. The minimum Gasteiger partial charge on any atom is -0.453 e. The number of carbonyl (C=O) groups is 1. The van der Waals surface area contributed by atoms with E-state index in [1.807, 2.05) is 44.9 Å². The zero-order chi connectivity index (χ0) is 14.6. The third-order valence-corrected chi connectivity index (χ3v) is 3.85. The molecule has 0 bridgehead atoms. The predicted molar refractivity (Wildman–Crippen MR) is 79.8 cm³/mol. The van der Waals surface area contributed by atoms with E-state index in [1.165, 1.54) is 0 Å². The van der Waals surface area contributed by atoms with Crippen LogP contribution in [0.15, 0.2) is 21.2 Å². The Morgan fingerprint density at radius 3 is 2.63 bits per heavy atom. The van der Waals surface area contributed by atoms with Crippen molar-refractivity contribution in [3.63, 3.8) is 0 Å². The Bertz CT molecular complexity index is 429. The van der Waals surface area contributed by atoms with Crippen LogP contribution < -0.4 is 5.32 Å². The van der Waals surface area contributed by atoms with Crippen molar-refractivity contribution in [3.05, 3.63) is 22.6 Å². The summed E-state index contributed by atoms with van der Waals surface area (Å²) in [6.07, 6.45) is 0.903. The van der Waals surface area contributed by atoms with Crippen molar-refractivity contribution in [3.8, 4) is 0 Å². The maximum atomic E-state index is 12.2. The standard InChI is InChI=1S/C14H23BrN2O2/c1-6-14(3,4)16-13(18)10(2)17(5)9-11-7-8-12(15)19-11/h7-8,10H,6,9H2,1-5H3,(H,16,18). The summed E-state index contributed by atoms with van der Waals surface area (Å²) in [6.45, 7) is 8.63. The molecular formula is C14H23BrN2O2. The number of hydrogen-bond donors (Lipinski definition) is 1. The van der Waals surface area contributed by atoms with E-state index in [-0.39, 0.29) is 17.5 Å². The van der Waals surface area contributed by atoms with Gasteiger partial charge in [0.2, 0.25) is 5.91 Å². The minimum atomic E-state index is -0.199. The molecule has 1 aromatic rings. The molecule has 5 heteroatoms. The van der Waals surface area contributed by atoms with Gasteiger partial charge in [0.15, 0.2) is 4.67 Å². The van der Waals surface area contributed by atoms with E-state index in [0.717, 1.165) is 12.2 Å². The first kappa shape index (κ1) is 16.2. The third kappa shape index (κ3) is 4.99. The van der Waals surface area contributed by atoms with Gasteiger partial charge >= 0.3 is 0 Å². The molecule has 0 radical (unpaired) electrons. The lowest BCUT2D eigenvalue weighted by atomic mass is 10.0. The number of furan rings is 1. The van der Waals surface area contributed by atoms with Crippen LogP contribution >= 0.6 is 15.9 Å². The van der Waals surface area contributed by atoms with Crippen LogP contribution in [0.2, 0.25) is 0 Å². The van der Waals surface area contributed by atoms with Gasteiger partial charge in [0.05, 0.1) is 12.6 Å². The molecule has 108 valence electrons. The van der Waals surface area contributed by atoms with E-state index in [9.17, 15) is 4.79 Å². The second-order valence-corrected chi connectivity index (χ2v) is 6.31. The average Bonchev–Trinajstić information content (AvgIpc) is 2.73. The molecule has 1 atom stereocenters. The molecule has 1 heterocycles. The molecule has 1 N–H and O–H groups in total. The molecule has 0 aliphatic heterocycles. The number of amides is 1. The van der Waals surface area contributed by atoms with Gasteiger partial charge in [-0.25, -0.2) is 0 Å². The summed E-state index contributed by atoms with van der Waals surface area (Å²) in [5.41, 5.74) is -0.167. The summed E-state index contributed by atoms with van der Waals surface area (Å²) >= 11 is 3.27.